The number of nitrogens with zero attached hydrogens (tertiary/aromatic N) is 10. The first-order valence-electron chi connectivity index (χ1n) is 12.2. The van der Waals surface area contributed by atoms with Gasteiger partial charge in [0.05, 0.1) is 35.5 Å². The van der Waals surface area contributed by atoms with Crippen LogP contribution < -0.4 is 0 Å². The second-order valence-electron chi connectivity index (χ2n) is 9.33. The quantitative estimate of drug-likeness (QED) is 0.289. The van der Waals surface area contributed by atoms with E-state index in [-0.39, 0.29) is 0 Å². The lowest BCUT2D eigenvalue weighted by Crippen LogP contribution is -2.45. The molecule has 5 rings (SSSR count). The number of aliphatic imine (C=N–C) groups is 1. The predicted octanol–water partition coefficient (Wildman–Crippen LogP) is 3.10. The Morgan fingerprint density at radius 1 is 1.08 bits per heavy atom. The average Bonchev–Trinajstić information content (AvgIpc) is 3.64. The highest BCUT2D eigenvalue weighted by Gasteiger charge is 2.19. The molecule has 0 N–H and O–H groups in total. The summed E-state index contributed by atoms with van der Waals surface area (Å²) in [5.41, 5.74) is 6.32. The van der Waals surface area contributed by atoms with E-state index >= 15 is 0 Å². The summed E-state index contributed by atoms with van der Waals surface area (Å²) >= 11 is 0. The fourth-order valence-electron chi connectivity index (χ4n) is 4.69. The number of nitriles is 1. The van der Waals surface area contributed by atoms with Gasteiger partial charge < -0.3 is 9.47 Å². The first-order valence-corrected chi connectivity index (χ1v) is 12.2. The van der Waals surface area contributed by atoms with Gasteiger partial charge in [-0.1, -0.05) is 6.08 Å². The number of rotatable bonds is 7. The lowest BCUT2D eigenvalue weighted by atomic mass is 10.0. The van der Waals surface area contributed by atoms with E-state index in [4.69, 9.17) is 0 Å². The second kappa shape index (κ2) is 10.2. The fraction of sp³-hybridized carbons (Fsp3) is 0.296. The molecule has 0 amide bonds. The van der Waals surface area contributed by atoms with Gasteiger partial charge in [0.15, 0.2) is 0 Å². The van der Waals surface area contributed by atoms with Crippen LogP contribution in [0, 0.1) is 11.3 Å². The van der Waals surface area contributed by atoms with Crippen molar-refractivity contribution in [2.75, 3.05) is 26.2 Å². The van der Waals surface area contributed by atoms with E-state index < -0.39 is 0 Å². The van der Waals surface area contributed by atoms with Gasteiger partial charge in [-0.3, -0.25) is 9.58 Å². The molecular weight excluding hydrogens is 464 g/mol. The van der Waals surface area contributed by atoms with E-state index in [0.29, 0.717) is 5.56 Å². The van der Waals surface area contributed by atoms with Gasteiger partial charge in [-0.05, 0) is 31.4 Å². The minimum atomic E-state index is 0.538. The molecule has 0 atom stereocenters. The Labute approximate surface area is 216 Å². The van der Waals surface area contributed by atoms with Crippen molar-refractivity contribution >= 4 is 17.8 Å². The van der Waals surface area contributed by atoms with Crippen LogP contribution in [-0.4, -0.2) is 71.6 Å². The third-order valence-electron chi connectivity index (χ3n) is 6.68. The van der Waals surface area contributed by atoms with Gasteiger partial charge in [-0.25, -0.2) is 14.5 Å². The molecule has 10 nitrogen and oxygen atoms in total. The minimum Gasteiger partial charge on any atom is -0.354 e. The maximum Gasteiger partial charge on any atom is 0.127 e. The smallest absolute Gasteiger partial charge is 0.127 e. The molecule has 10 heteroatoms. The van der Waals surface area contributed by atoms with Gasteiger partial charge >= 0.3 is 0 Å². The zero-order valence-electron chi connectivity index (χ0n) is 21.4. The van der Waals surface area contributed by atoms with Crippen LogP contribution in [0.4, 0.5) is 0 Å². The molecule has 5 heterocycles. The van der Waals surface area contributed by atoms with Crippen LogP contribution in [-0.2, 0) is 20.6 Å². The Morgan fingerprint density at radius 3 is 2.54 bits per heavy atom. The van der Waals surface area contributed by atoms with Gasteiger partial charge in [0, 0.05) is 82.1 Å². The Balaban J connectivity index is 1.39. The predicted molar refractivity (Wildman–Crippen MR) is 143 cm³/mol. The molecule has 188 valence electrons. The lowest BCUT2D eigenvalue weighted by Gasteiger charge is -2.35. The largest absolute Gasteiger partial charge is 0.354 e. The maximum atomic E-state index is 9.68. The zero-order chi connectivity index (χ0) is 25.9. The molecule has 0 spiro atoms. The molecule has 0 saturated carbocycles. The van der Waals surface area contributed by atoms with Crippen molar-refractivity contribution in [3.63, 3.8) is 0 Å². The first kappa shape index (κ1) is 24.2. The number of hydrogen-bond acceptors (Lipinski definition) is 7. The molecule has 1 saturated heterocycles. The van der Waals surface area contributed by atoms with Gasteiger partial charge in [0.25, 0.3) is 0 Å². The molecule has 37 heavy (non-hydrogen) atoms. The van der Waals surface area contributed by atoms with Crippen molar-refractivity contribution in [3.05, 3.63) is 78.2 Å². The van der Waals surface area contributed by atoms with Crippen LogP contribution in [0.1, 0.15) is 23.7 Å². The highest BCUT2D eigenvalue weighted by atomic mass is 15.3. The summed E-state index contributed by atoms with van der Waals surface area (Å²) in [5, 5.41) is 18.4. The summed E-state index contributed by atoms with van der Waals surface area (Å²) in [6.07, 6.45) is 15.3. The van der Waals surface area contributed by atoms with Crippen molar-refractivity contribution in [1.29, 1.82) is 5.26 Å². The molecule has 4 aromatic rings. The molecule has 0 bridgehead atoms. The van der Waals surface area contributed by atoms with Gasteiger partial charge in [-0.2, -0.15) is 15.5 Å². The molecular formula is C27H30N10. The van der Waals surface area contributed by atoms with Gasteiger partial charge in [-0.15, -0.1) is 0 Å². The van der Waals surface area contributed by atoms with E-state index in [9.17, 15) is 5.26 Å². The summed E-state index contributed by atoms with van der Waals surface area (Å²) in [6.45, 7) is 10.3. The van der Waals surface area contributed by atoms with Crippen molar-refractivity contribution in [2.45, 2.75) is 13.5 Å². The van der Waals surface area contributed by atoms with Gasteiger partial charge in [0.1, 0.15) is 11.9 Å². The third kappa shape index (κ3) is 5.08. The van der Waals surface area contributed by atoms with Gasteiger partial charge in [0.2, 0.25) is 0 Å². The van der Waals surface area contributed by atoms with Crippen LogP contribution in [0.25, 0.3) is 22.2 Å². The Hall–Kier alpha value is -4.49. The summed E-state index contributed by atoms with van der Waals surface area (Å²) < 4.78 is 5.52. The number of aromatic nitrogens is 6. The van der Waals surface area contributed by atoms with Crippen LogP contribution in [0.5, 0.6) is 0 Å². The molecule has 0 aliphatic carbocycles. The van der Waals surface area contributed by atoms with E-state index in [1.54, 1.807) is 15.4 Å². The molecule has 1 aliphatic heterocycles. The van der Waals surface area contributed by atoms with Crippen LogP contribution in [0.3, 0.4) is 0 Å². The fourth-order valence-corrected chi connectivity index (χ4v) is 4.69. The van der Waals surface area contributed by atoms with Crippen LogP contribution in [0.2, 0.25) is 0 Å². The van der Waals surface area contributed by atoms with Crippen LogP contribution >= 0.6 is 0 Å². The molecule has 4 aromatic heterocycles. The average molecular weight is 495 g/mol. The zero-order valence-corrected chi connectivity index (χ0v) is 21.4. The van der Waals surface area contributed by atoms with Crippen molar-refractivity contribution < 1.29 is 0 Å². The van der Waals surface area contributed by atoms with E-state index in [1.165, 1.54) is 0 Å². The Kier molecular flexibility index (Phi) is 6.70. The summed E-state index contributed by atoms with van der Waals surface area (Å²) in [5.74, 6) is 0.838. The number of piperazine rings is 1. The second-order valence-corrected chi connectivity index (χ2v) is 9.33. The molecule has 0 unspecified atom stereocenters. The highest BCUT2D eigenvalue weighted by molar-refractivity contribution is 5.84. The number of aryl methyl sites for hydroxylation is 2. The van der Waals surface area contributed by atoms with Crippen molar-refractivity contribution in [3.8, 4) is 17.2 Å². The minimum absolute atomic E-state index is 0.538. The van der Waals surface area contributed by atoms with Crippen LogP contribution in [0.15, 0.2) is 66.3 Å². The van der Waals surface area contributed by atoms with E-state index in [0.717, 1.165) is 72.0 Å². The molecule has 1 fully saturated rings. The molecule has 1 aliphatic rings. The van der Waals surface area contributed by atoms with E-state index in [1.807, 2.05) is 62.7 Å². The highest BCUT2D eigenvalue weighted by Crippen LogP contribution is 2.29. The normalized spacial score (nSPS) is 15.4. The third-order valence-corrected chi connectivity index (χ3v) is 6.68. The summed E-state index contributed by atoms with van der Waals surface area (Å²) in [7, 11) is 3.88. The summed E-state index contributed by atoms with van der Waals surface area (Å²) in [6, 6.07) is 4.36. The standard InChI is InChI=1S/C27H30N10/c1-20(5-6-26(29-2)36-9-7-35(8-10-36)18-24-17-33(3)19-30-24)25-11-21(23-14-31-34(4)15-23)16-37-27(25)22(12-28)13-32-37/h5-6,11,13-17,19H,2,7-10,18H2,1,3-4H3/b20-5+,26-6+. The SMILES string of the molecule is C=N/C(=C\C=C(/C)c1cc(-c2cnn(C)c2)cn2ncc(C#N)c12)N1CCN(Cc2cn(C)cn2)CC1. The number of pyridine rings is 1. The number of fused-ring (bicyclic) bond motifs is 1. The molecule has 0 radical (unpaired) electrons. The maximum absolute atomic E-state index is 9.68. The monoisotopic (exact) mass is 494 g/mol. The van der Waals surface area contributed by atoms with Crippen molar-refractivity contribution in [1.82, 2.24) is 38.7 Å². The first-order chi connectivity index (χ1) is 17.9. The topological polar surface area (TPSA) is 95.6 Å². The van der Waals surface area contributed by atoms with E-state index in [2.05, 4.69) is 55.0 Å². The number of hydrogen-bond donors (Lipinski definition) is 0. The summed E-state index contributed by atoms with van der Waals surface area (Å²) in [4.78, 5) is 13.4. The number of allylic oxidation sites excluding steroid dienone is 3. The van der Waals surface area contributed by atoms with Crippen molar-refractivity contribution in [2.24, 2.45) is 19.1 Å². The Morgan fingerprint density at radius 2 is 1.89 bits per heavy atom. The Bertz CT molecular complexity index is 1530. The lowest BCUT2D eigenvalue weighted by molar-refractivity contribution is 0.151. The molecule has 0 aromatic carbocycles. The number of imidazole rings is 1.